The molecule has 0 saturated carbocycles. The minimum atomic E-state index is -2.26. The number of likely N-dealkylation sites (tertiary alicyclic amines) is 1. The largest absolute Gasteiger partial charge is 0.490 e. The highest BCUT2D eigenvalue weighted by atomic mass is 127. The molecule has 0 radical (unpaired) electrons. The molecule has 2 heterocycles. The van der Waals surface area contributed by atoms with Crippen molar-refractivity contribution in [2.75, 3.05) is 39.8 Å². The fourth-order valence-corrected chi connectivity index (χ4v) is 2.61. The van der Waals surface area contributed by atoms with Crippen molar-refractivity contribution in [3.63, 3.8) is 0 Å². The topological polar surface area (TPSA) is 61.8 Å². The van der Waals surface area contributed by atoms with Crippen LogP contribution in [0.5, 0.6) is 5.75 Å². The second kappa shape index (κ2) is 12.2. The van der Waals surface area contributed by atoms with Crippen LogP contribution < -0.4 is 15.4 Å². The lowest BCUT2D eigenvalue weighted by molar-refractivity contribution is 0.0744. The monoisotopic (exact) mass is 469 g/mol. The Morgan fingerprint density at radius 3 is 2.80 bits per heavy atom. The molecule has 0 amide bonds. The van der Waals surface area contributed by atoms with E-state index in [-0.39, 0.29) is 36.6 Å². The van der Waals surface area contributed by atoms with Gasteiger partial charge in [-0.05, 0) is 25.0 Å². The molecule has 0 unspecified atom stereocenters. The Bertz CT molecular complexity index is 499. The predicted molar refractivity (Wildman–Crippen MR) is 105 cm³/mol. The van der Waals surface area contributed by atoms with E-state index in [0.717, 1.165) is 18.6 Å². The normalized spacial score (nSPS) is 16.4. The van der Waals surface area contributed by atoms with E-state index in [1.807, 2.05) is 12.1 Å². The number of halogens is 3. The molecule has 1 aliphatic rings. The molecule has 0 atom stereocenters. The van der Waals surface area contributed by atoms with Gasteiger partial charge < -0.3 is 15.4 Å². The zero-order chi connectivity index (χ0) is 17.2. The fraction of sp³-hybridized carbons (Fsp3) is 0.625. The van der Waals surface area contributed by atoms with Crippen molar-refractivity contribution in [2.45, 2.75) is 25.3 Å². The highest BCUT2D eigenvalue weighted by molar-refractivity contribution is 14.0. The third-order valence-electron chi connectivity index (χ3n) is 3.85. The van der Waals surface area contributed by atoms with Gasteiger partial charge in [0, 0.05) is 32.4 Å². The number of alkyl halides is 2. The molecule has 1 fully saturated rings. The Morgan fingerprint density at radius 1 is 1.44 bits per heavy atom. The average Bonchev–Trinajstić information content (AvgIpc) is 2.59. The van der Waals surface area contributed by atoms with Gasteiger partial charge in [0.1, 0.15) is 12.4 Å². The Kier molecular flexibility index (Phi) is 10.6. The molecule has 0 bridgehead atoms. The van der Waals surface area contributed by atoms with E-state index < -0.39 is 6.43 Å². The maximum absolute atomic E-state index is 12.4. The summed E-state index contributed by atoms with van der Waals surface area (Å²) < 4.78 is 30.3. The molecule has 2 N–H and O–H groups in total. The first kappa shape index (κ1) is 21.8. The summed E-state index contributed by atoms with van der Waals surface area (Å²) >= 11 is 0. The van der Waals surface area contributed by atoms with Gasteiger partial charge >= 0.3 is 0 Å². The van der Waals surface area contributed by atoms with Gasteiger partial charge in [-0.1, -0.05) is 0 Å². The van der Waals surface area contributed by atoms with Crippen LogP contribution in [0.15, 0.2) is 29.5 Å². The second-order valence-corrected chi connectivity index (χ2v) is 5.65. The van der Waals surface area contributed by atoms with E-state index in [2.05, 4.69) is 20.6 Å². The summed E-state index contributed by atoms with van der Waals surface area (Å²) in [4.78, 5) is 9.98. The summed E-state index contributed by atoms with van der Waals surface area (Å²) in [7, 11) is 1.71. The van der Waals surface area contributed by atoms with Gasteiger partial charge in [-0.3, -0.25) is 14.9 Å². The third kappa shape index (κ3) is 8.61. The van der Waals surface area contributed by atoms with Crippen LogP contribution in [0.1, 0.15) is 12.8 Å². The van der Waals surface area contributed by atoms with Gasteiger partial charge in [0.05, 0.1) is 19.3 Å². The number of aromatic nitrogens is 1. The summed E-state index contributed by atoms with van der Waals surface area (Å²) in [5, 5.41) is 6.53. The van der Waals surface area contributed by atoms with Crippen molar-refractivity contribution >= 4 is 29.9 Å². The zero-order valence-electron chi connectivity index (χ0n) is 14.3. The number of nitrogens with zero attached hydrogens (tertiary/aromatic N) is 3. The number of nitrogens with one attached hydrogen (secondary N) is 2. The standard InChI is InChI=1S/C16H25F2N5O.HI/c1-19-16(21-7-10-24-14-3-2-6-20-11-14)22-13-4-8-23(9-5-13)12-15(17)18;/h2-3,6,11,13,15H,4-5,7-10,12H2,1H3,(H2,19,21,22);1H. The summed E-state index contributed by atoms with van der Waals surface area (Å²) in [6, 6.07) is 3.93. The molecular weight excluding hydrogens is 443 g/mol. The van der Waals surface area contributed by atoms with Gasteiger partial charge in [-0.15, -0.1) is 24.0 Å². The number of aliphatic imine (C=N–C) groups is 1. The fourth-order valence-electron chi connectivity index (χ4n) is 2.61. The van der Waals surface area contributed by atoms with E-state index in [1.54, 1.807) is 24.3 Å². The molecule has 9 heteroatoms. The summed E-state index contributed by atoms with van der Waals surface area (Å²) in [5.74, 6) is 1.44. The van der Waals surface area contributed by atoms with Crippen molar-refractivity contribution in [3.8, 4) is 5.75 Å². The van der Waals surface area contributed by atoms with Gasteiger partial charge in [0.2, 0.25) is 0 Å². The predicted octanol–water partition coefficient (Wildman–Crippen LogP) is 1.97. The molecule has 25 heavy (non-hydrogen) atoms. The molecule has 0 aromatic carbocycles. The van der Waals surface area contributed by atoms with Crippen molar-refractivity contribution < 1.29 is 13.5 Å². The van der Waals surface area contributed by atoms with Gasteiger partial charge in [-0.25, -0.2) is 8.78 Å². The van der Waals surface area contributed by atoms with Crippen LogP contribution in [0.3, 0.4) is 0 Å². The van der Waals surface area contributed by atoms with Crippen LogP contribution in [0, 0.1) is 0 Å². The second-order valence-electron chi connectivity index (χ2n) is 5.65. The Labute approximate surface area is 164 Å². The van der Waals surface area contributed by atoms with Crippen LogP contribution in [-0.4, -0.2) is 68.1 Å². The number of rotatable bonds is 7. The maximum atomic E-state index is 12.4. The number of ether oxygens (including phenoxy) is 1. The number of hydrogen-bond acceptors (Lipinski definition) is 4. The smallest absolute Gasteiger partial charge is 0.251 e. The van der Waals surface area contributed by atoms with Crippen molar-refractivity contribution in [2.24, 2.45) is 4.99 Å². The van der Waals surface area contributed by atoms with E-state index >= 15 is 0 Å². The average molecular weight is 469 g/mol. The first-order valence-corrected chi connectivity index (χ1v) is 8.18. The van der Waals surface area contributed by atoms with E-state index in [0.29, 0.717) is 32.2 Å². The zero-order valence-corrected chi connectivity index (χ0v) is 16.7. The van der Waals surface area contributed by atoms with Crippen molar-refractivity contribution in [1.29, 1.82) is 0 Å². The summed E-state index contributed by atoms with van der Waals surface area (Å²) in [5.41, 5.74) is 0. The molecule has 1 saturated heterocycles. The van der Waals surface area contributed by atoms with Crippen LogP contribution >= 0.6 is 24.0 Å². The van der Waals surface area contributed by atoms with E-state index in [1.165, 1.54) is 0 Å². The molecule has 1 aliphatic heterocycles. The first-order chi connectivity index (χ1) is 11.7. The third-order valence-corrected chi connectivity index (χ3v) is 3.85. The molecule has 2 rings (SSSR count). The van der Waals surface area contributed by atoms with Crippen molar-refractivity contribution in [3.05, 3.63) is 24.5 Å². The Balaban J connectivity index is 0.00000312. The number of guanidine groups is 1. The minimum absolute atomic E-state index is 0. The minimum Gasteiger partial charge on any atom is -0.490 e. The van der Waals surface area contributed by atoms with Crippen LogP contribution in [0.25, 0.3) is 0 Å². The van der Waals surface area contributed by atoms with E-state index in [4.69, 9.17) is 4.74 Å². The first-order valence-electron chi connectivity index (χ1n) is 8.18. The lowest BCUT2D eigenvalue weighted by Gasteiger charge is -2.32. The molecular formula is C16H26F2IN5O. The maximum Gasteiger partial charge on any atom is 0.251 e. The Morgan fingerprint density at radius 2 is 2.20 bits per heavy atom. The molecule has 1 aromatic heterocycles. The van der Waals surface area contributed by atoms with Crippen molar-refractivity contribution in [1.82, 2.24) is 20.5 Å². The van der Waals surface area contributed by atoms with Crippen LogP contribution in [-0.2, 0) is 0 Å². The SMILES string of the molecule is CN=C(NCCOc1cccnc1)NC1CCN(CC(F)F)CC1.I. The lowest BCUT2D eigenvalue weighted by atomic mass is 10.1. The summed E-state index contributed by atoms with van der Waals surface area (Å²) in [6.07, 6.45) is 2.77. The molecule has 1 aromatic rings. The Hall–Kier alpha value is -1.23. The molecule has 0 aliphatic carbocycles. The highest BCUT2D eigenvalue weighted by Crippen LogP contribution is 2.11. The number of hydrogen-bond donors (Lipinski definition) is 2. The van der Waals surface area contributed by atoms with Gasteiger partial charge in [-0.2, -0.15) is 0 Å². The molecule has 0 spiro atoms. The van der Waals surface area contributed by atoms with Crippen LogP contribution in [0.4, 0.5) is 8.78 Å². The number of pyridine rings is 1. The van der Waals surface area contributed by atoms with Gasteiger partial charge in [0.25, 0.3) is 6.43 Å². The molecule has 142 valence electrons. The lowest BCUT2D eigenvalue weighted by Crippen LogP contribution is -2.49. The van der Waals surface area contributed by atoms with E-state index in [9.17, 15) is 8.78 Å². The van der Waals surface area contributed by atoms with Crippen LogP contribution in [0.2, 0.25) is 0 Å². The number of piperidine rings is 1. The highest BCUT2D eigenvalue weighted by Gasteiger charge is 2.21. The summed E-state index contributed by atoms with van der Waals surface area (Å²) in [6.45, 7) is 2.34. The quantitative estimate of drug-likeness (QED) is 0.277. The molecule has 6 nitrogen and oxygen atoms in total. The van der Waals surface area contributed by atoms with Gasteiger partial charge in [0.15, 0.2) is 5.96 Å².